The molecule has 3 aromatic carbocycles. The number of carbonyl (C=O) groups excluding carboxylic acids is 1. The minimum atomic E-state index is -0.105. The van der Waals surface area contributed by atoms with Crippen LogP contribution in [0.3, 0.4) is 0 Å². The maximum absolute atomic E-state index is 13.4. The standard InChI is InChI=1S/C32H28N2O3S/c35-31(33-19-24-12-8-18-36-24)30-26-14-6-7-15-29(26)38-32(30)34-20-27-25-13-5-4-11-23(25)16-17-28(27)37-21-22-9-2-1-3-10-22/h1-5,8-13,16-18,20H,6-7,14-15,19,21H2,(H,33,35). The first-order valence-corrected chi connectivity index (χ1v) is 13.8. The number of rotatable bonds is 8. The molecule has 1 aliphatic carbocycles. The van der Waals surface area contributed by atoms with E-state index >= 15 is 0 Å². The zero-order chi connectivity index (χ0) is 25.7. The summed E-state index contributed by atoms with van der Waals surface area (Å²) in [4.78, 5) is 19.6. The third-order valence-electron chi connectivity index (χ3n) is 6.86. The maximum Gasteiger partial charge on any atom is 0.255 e. The van der Waals surface area contributed by atoms with E-state index in [0.717, 1.165) is 69.7 Å². The lowest BCUT2D eigenvalue weighted by Crippen LogP contribution is -2.23. The summed E-state index contributed by atoms with van der Waals surface area (Å²) in [6, 6.07) is 26.1. The molecule has 2 aromatic heterocycles. The summed E-state index contributed by atoms with van der Waals surface area (Å²) in [6.45, 7) is 0.814. The first-order chi connectivity index (χ1) is 18.8. The fourth-order valence-electron chi connectivity index (χ4n) is 4.94. The highest BCUT2D eigenvalue weighted by molar-refractivity contribution is 7.16. The summed E-state index contributed by atoms with van der Waals surface area (Å²) >= 11 is 1.63. The molecule has 0 atom stereocenters. The largest absolute Gasteiger partial charge is 0.488 e. The second kappa shape index (κ2) is 11.1. The van der Waals surface area contributed by atoms with Gasteiger partial charge in [-0.15, -0.1) is 11.3 Å². The van der Waals surface area contributed by atoms with Crippen LogP contribution in [0.1, 0.15) is 50.5 Å². The van der Waals surface area contributed by atoms with E-state index in [1.54, 1.807) is 17.6 Å². The van der Waals surface area contributed by atoms with Crippen molar-refractivity contribution in [3.8, 4) is 5.75 Å². The van der Waals surface area contributed by atoms with Crippen molar-refractivity contribution in [2.24, 2.45) is 4.99 Å². The number of ether oxygens (including phenoxy) is 1. The van der Waals surface area contributed by atoms with Crippen LogP contribution in [0.2, 0.25) is 0 Å². The van der Waals surface area contributed by atoms with Gasteiger partial charge in [0.2, 0.25) is 0 Å². The third-order valence-corrected chi connectivity index (χ3v) is 8.06. The number of nitrogens with one attached hydrogen (secondary N) is 1. The van der Waals surface area contributed by atoms with Crippen LogP contribution in [0.25, 0.3) is 10.8 Å². The minimum Gasteiger partial charge on any atom is -0.488 e. The number of thiophene rings is 1. The molecule has 38 heavy (non-hydrogen) atoms. The number of nitrogens with zero attached hydrogens (tertiary/aromatic N) is 1. The van der Waals surface area contributed by atoms with Crippen molar-refractivity contribution in [3.05, 3.63) is 118 Å². The Kier molecular flexibility index (Phi) is 7.05. The highest BCUT2D eigenvalue weighted by Gasteiger charge is 2.25. The van der Waals surface area contributed by atoms with E-state index in [9.17, 15) is 4.79 Å². The minimum absolute atomic E-state index is 0.105. The van der Waals surface area contributed by atoms with Crippen LogP contribution in [0.15, 0.2) is 94.5 Å². The van der Waals surface area contributed by atoms with Crippen LogP contribution < -0.4 is 10.1 Å². The van der Waals surface area contributed by atoms with Crippen LogP contribution >= 0.6 is 11.3 Å². The number of benzene rings is 3. The zero-order valence-electron chi connectivity index (χ0n) is 21.0. The molecule has 0 fully saturated rings. The van der Waals surface area contributed by atoms with Crippen LogP contribution in [0, 0.1) is 0 Å². The number of hydrogen-bond acceptors (Lipinski definition) is 5. The smallest absolute Gasteiger partial charge is 0.255 e. The Morgan fingerprint density at radius 1 is 0.974 bits per heavy atom. The van der Waals surface area contributed by atoms with Gasteiger partial charge in [0.1, 0.15) is 23.1 Å². The van der Waals surface area contributed by atoms with Gasteiger partial charge < -0.3 is 14.5 Å². The monoisotopic (exact) mass is 520 g/mol. The van der Waals surface area contributed by atoms with E-state index in [4.69, 9.17) is 14.1 Å². The Hall–Kier alpha value is -4.16. The number of fused-ring (bicyclic) bond motifs is 2. The molecule has 0 bridgehead atoms. The first kappa shape index (κ1) is 24.2. The van der Waals surface area contributed by atoms with Crippen molar-refractivity contribution in [1.82, 2.24) is 5.32 Å². The molecule has 5 nitrogen and oxygen atoms in total. The van der Waals surface area contributed by atoms with Gasteiger partial charge in [-0.1, -0.05) is 60.7 Å². The number of aliphatic imine (C=N–C) groups is 1. The van der Waals surface area contributed by atoms with Gasteiger partial charge in [-0.2, -0.15) is 0 Å². The molecule has 5 aromatic rings. The molecule has 0 saturated heterocycles. The van der Waals surface area contributed by atoms with Crippen LogP contribution in [-0.4, -0.2) is 12.1 Å². The molecule has 190 valence electrons. The average Bonchev–Trinajstić information content (AvgIpc) is 3.62. The van der Waals surface area contributed by atoms with Crippen molar-refractivity contribution in [3.63, 3.8) is 0 Å². The Labute approximate surface area is 225 Å². The fraction of sp³-hybridized carbons (Fsp3) is 0.188. The Bertz CT molecular complexity index is 1590. The molecule has 0 radical (unpaired) electrons. The summed E-state index contributed by atoms with van der Waals surface area (Å²) in [5.41, 5.74) is 3.85. The lowest BCUT2D eigenvalue weighted by molar-refractivity contribution is 0.0948. The quantitative estimate of drug-likeness (QED) is 0.214. The molecule has 0 unspecified atom stereocenters. The normalized spacial score (nSPS) is 13.1. The molecule has 2 heterocycles. The molecule has 6 heteroatoms. The van der Waals surface area contributed by atoms with E-state index in [1.165, 1.54) is 4.88 Å². The number of amides is 1. The molecule has 0 spiro atoms. The number of furan rings is 1. The molecular weight excluding hydrogens is 492 g/mol. The lowest BCUT2D eigenvalue weighted by Gasteiger charge is -2.13. The zero-order valence-corrected chi connectivity index (χ0v) is 21.8. The van der Waals surface area contributed by atoms with Crippen molar-refractivity contribution in [1.29, 1.82) is 0 Å². The van der Waals surface area contributed by atoms with Crippen molar-refractivity contribution in [2.75, 3.05) is 0 Å². The lowest BCUT2D eigenvalue weighted by atomic mass is 9.95. The van der Waals surface area contributed by atoms with Crippen molar-refractivity contribution < 1.29 is 13.9 Å². The first-order valence-electron chi connectivity index (χ1n) is 12.9. The van der Waals surface area contributed by atoms with Gasteiger partial charge in [0, 0.05) is 16.7 Å². The summed E-state index contributed by atoms with van der Waals surface area (Å²) in [5, 5.41) is 5.95. The van der Waals surface area contributed by atoms with Crippen LogP contribution in [-0.2, 0) is 26.0 Å². The second-order valence-electron chi connectivity index (χ2n) is 9.38. The summed E-state index contributed by atoms with van der Waals surface area (Å²) in [7, 11) is 0. The number of carbonyl (C=O) groups is 1. The van der Waals surface area contributed by atoms with Gasteiger partial charge in [0.15, 0.2) is 0 Å². The maximum atomic E-state index is 13.4. The summed E-state index contributed by atoms with van der Waals surface area (Å²) in [6.07, 6.45) is 7.61. The van der Waals surface area contributed by atoms with E-state index in [1.807, 2.05) is 54.7 Å². The summed E-state index contributed by atoms with van der Waals surface area (Å²) < 4.78 is 11.7. The van der Waals surface area contributed by atoms with Crippen LogP contribution in [0.4, 0.5) is 5.00 Å². The molecule has 1 aliphatic rings. The highest BCUT2D eigenvalue weighted by Crippen LogP contribution is 2.40. The molecule has 0 saturated carbocycles. The Morgan fingerprint density at radius 2 is 1.82 bits per heavy atom. The van der Waals surface area contributed by atoms with Gasteiger partial charge in [0.25, 0.3) is 5.91 Å². The third kappa shape index (κ3) is 5.13. The molecule has 1 N–H and O–H groups in total. The van der Waals surface area contributed by atoms with Crippen molar-refractivity contribution >= 4 is 39.2 Å². The van der Waals surface area contributed by atoms with E-state index in [-0.39, 0.29) is 5.91 Å². The number of aryl methyl sites for hydroxylation is 1. The molecular formula is C32H28N2O3S. The van der Waals surface area contributed by atoms with Gasteiger partial charge in [-0.3, -0.25) is 4.79 Å². The van der Waals surface area contributed by atoms with Gasteiger partial charge in [-0.25, -0.2) is 4.99 Å². The Morgan fingerprint density at radius 3 is 2.68 bits per heavy atom. The van der Waals surface area contributed by atoms with Crippen LogP contribution in [0.5, 0.6) is 5.75 Å². The van der Waals surface area contributed by atoms with E-state index in [2.05, 4.69) is 35.6 Å². The van der Waals surface area contributed by atoms with Gasteiger partial charge in [-0.05, 0) is 65.8 Å². The SMILES string of the molecule is O=C(NCc1ccco1)c1c(N=Cc2c(OCc3ccccc3)ccc3ccccc23)sc2c1CCCC2. The topological polar surface area (TPSA) is 63.8 Å². The van der Waals surface area contributed by atoms with Gasteiger partial charge in [0.05, 0.1) is 18.4 Å². The highest BCUT2D eigenvalue weighted by atomic mass is 32.1. The Balaban J connectivity index is 1.35. The van der Waals surface area contributed by atoms with E-state index in [0.29, 0.717) is 18.7 Å². The average molecular weight is 521 g/mol. The molecule has 6 rings (SSSR count). The van der Waals surface area contributed by atoms with Crippen molar-refractivity contribution in [2.45, 2.75) is 38.8 Å². The molecule has 0 aliphatic heterocycles. The molecule has 1 amide bonds. The van der Waals surface area contributed by atoms with Gasteiger partial charge >= 0.3 is 0 Å². The second-order valence-corrected chi connectivity index (χ2v) is 10.5. The predicted molar refractivity (Wildman–Crippen MR) is 153 cm³/mol. The number of hydrogen-bond donors (Lipinski definition) is 1. The fourth-order valence-corrected chi connectivity index (χ4v) is 6.17. The summed E-state index contributed by atoms with van der Waals surface area (Å²) in [5.74, 6) is 1.39. The predicted octanol–water partition coefficient (Wildman–Crippen LogP) is 7.63. The van der Waals surface area contributed by atoms with E-state index < -0.39 is 0 Å².